The first-order chi connectivity index (χ1) is 9.68. The molecule has 3 N–H and O–H groups in total. The zero-order valence-electron chi connectivity index (χ0n) is 11.3. The number of furan rings is 1. The summed E-state index contributed by atoms with van der Waals surface area (Å²) in [5, 5.41) is 8.51. The van der Waals surface area contributed by atoms with Crippen LogP contribution in [0, 0.1) is 0 Å². The lowest BCUT2D eigenvalue weighted by molar-refractivity contribution is -0.128. The highest BCUT2D eigenvalue weighted by atomic mass is 16.5. The molecule has 1 fully saturated rings. The van der Waals surface area contributed by atoms with E-state index in [0.29, 0.717) is 26.2 Å². The zero-order chi connectivity index (χ0) is 14.4. The first kappa shape index (κ1) is 14.5. The van der Waals surface area contributed by atoms with Crippen molar-refractivity contribution < 1.29 is 18.7 Å². The molecule has 0 spiro atoms. The van der Waals surface area contributed by atoms with E-state index in [1.54, 1.807) is 12.1 Å². The SMILES string of the molecule is C[C@H]1OCCN[C@@H]1C(=O)NCCNC(=O)c1ccco1. The summed E-state index contributed by atoms with van der Waals surface area (Å²) in [5.74, 6) is -0.159. The Bertz CT molecular complexity index is 446. The third kappa shape index (κ3) is 3.82. The van der Waals surface area contributed by atoms with E-state index in [1.807, 2.05) is 6.92 Å². The van der Waals surface area contributed by atoms with Crippen molar-refractivity contribution >= 4 is 11.8 Å². The number of nitrogens with one attached hydrogen (secondary N) is 3. The molecule has 0 aromatic carbocycles. The summed E-state index contributed by atoms with van der Waals surface area (Å²) in [7, 11) is 0. The summed E-state index contributed by atoms with van der Waals surface area (Å²) >= 11 is 0. The van der Waals surface area contributed by atoms with E-state index in [1.165, 1.54) is 6.26 Å². The Morgan fingerprint density at radius 1 is 1.40 bits per heavy atom. The molecule has 20 heavy (non-hydrogen) atoms. The van der Waals surface area contributed by atoms with Gasteiger partial charge in [0.25, 0.3) is 5.91 Å². The van der Waals surface area contributed by atoms with Crippen molar-refractivity contribution in [1.82, 2.24) is 16.0 Å². The second kappa shape index (κ2) is 7.06. The number of ether oxygens (including phenoxy) is 1. The van der Waals surface area contributed by atoms with Gasteiger partial charge in [0.1, 0.15) is 6.04 Å². The molecule has 2 atom stereocenters. The summed E-state index contributed by atoms with van der Waals surface area (Å²) < 4.78 is 10.4. The van der Waals surface area contributed by atoms with Crippen LogP contribution >= 0.6 is 0 Å². The van der Waals surface area contributed by atoms with Gasteiger partial charge in [0.05, 0.1) is 19.0 Å². The highest BCUT2D eigenvalue weighted by molar-refractivity contribution is 5.91. The summed E-state index contributed by atoms with van der Waals surface area (Å²) in [6.45, 7) is 3.83. The fourth-order valence-electron chi connectivity index (χ4n) is 1.99. The normalized spacial score (nSPS) is 22.2. The monoisotopic (exact) mass is 281 g/mol. The molecule has 0 aliphatic carbocycles. The molecule has 0 unspecified atom stereocenters. The minimum absolute atomic E-state index is 0.121. The highest BCUT2D eigenvalue weighted by Crippen LogP contribution is 2.03. The third-order valence-corrected chi connectivity index (χ3v) is 3.05. The Kier molecular flexibility index (Phi) is 5.14. The first-order valence-electron chi connectivity index (χ1n) is 6.63. The molecule has 1 aliphatic rings. The van der Waals surface area contributed by atoms with E-state index < -0.39 is 0 Å². The van der Waals surface area contributed by atoms with Crippen molar-refractivity contribution in [3.05, 3.63) is 24.2 Å². The van der Waals surface area contributed by atoms with Gasteiger partial charge in [-0.2, -0.15) is 0 Å². The summed E-state index contributed by atoms with van der Waals surface area (Å²) in [5.41, 5.74) is 0. The van der Waals surface area contributed by atoms with Gasteiger partial charge in [0.2, 0.25) is 5.91 Å². The molecule has 1 aromatic heterocycles. The standard InChI is InChI=1S/C13H19N3O4/c1-9-11(14-6-8-19-9)13(18)16-5-4-15-12(17)10-3-2-7-20-10/h2-3,7,9,11,14H,4-6,8H2,1H3,(H,15,17)(H,16,18)/t9-,11+/m1/s1. The third-order valence-electron chi connectivity index (χ3n) is 3.05. The van der Waals surface area contributed by atoms with Gasteiger partial charge >= 0.3 is 0 Å². The zero-order valence-corrected chi connectivity index (χ0v) is 11.3. The van der Waals surface area contributed by atoms with E-state index in [-0.39, 0.29) is 29.7 Å². The van der Waals surface area contributed by atoms with Gasteiger partial charge in [-0.05, 0) is 19.1 Å². The largest absolute Gasteiger partial charge is 0.459 e. The van der Waals surface area contributed by atoms with Crippen molar-refractivity contribution in [3.8, 4) is 0 Å². The van der Waals surface area contributed by atoms with Crippen LogP contribution in [-0.2, 0) is 9.53 Å². The van der Waals surface area contributed by atoms with Crippen LogP contribution in [0.2, 0.25) is 0 Å². The number of carbonyl (C=O) groups excluding carboxylic acids is 2. The average molecular weight is 281 g/mol. The van der Waals surface area contributed by atoms with Gasteiger partial charge < -0.3 is 25.1 Å². The van der Waals surface area contributed by atoms with Crippen LogP contribution in [0.4, 0.5) is 0 Å². The summed E-state index contributed by atoms with van der Waals surface area (Å²) in [6.07, 6.45) is 1.29. The summed E-state index contributed by atoms with van der Waals surface area (Å²) in [6, 6.07) is 2.88. The fourth-order valence-corrected chi connectivity index (χ4v) is 1.99. The van der Waals surface area contributed by atoms with Gasteiger partial charge in [-0.3, -0.25) is 9.59 Å². The van der Waals surface area contributed by atoms with Gasteiger partial charge in [-0.25, -0.2) is 0 Å². The minimum Gasteiger partial charge on any atom is -0.459 e. The molecule has 2 heterocycles. The molecule has 0 bridgehead atoms. The Balaban J connectivity index is 1.65. The predicted octanol–water partition coefficient (Wildman–Crippen LogP) is -0.497. The maximum absolute atomic E-state index is 11.9. The van der Waals surface area contributed by atoms with Crippen LogP contribution in [0.3, 0.4) is 0 Å². The van der Waals surface area contributed by atoms with Crippen molar-refractivity contribution in [2.75, 3.05) is 26.2 Å². The van der Waals surface area contributed by atoms with Gasteiger partial charge in [0, 0.05) is 19.6 Å². The number of hydrogen-bond donors (Lipinski definition) is 3. The van der Waals surface area contributed by atoms with Crippen LogP contribution in [0.5, 0.6) is 0 Å². The lowest BCUT2D eigenvalue weighted by Gasteiger charge is -2.29. The Morgan fingerprint density at radius 2 is 2.20 bits per heavy atom. The Hall–Kier alpha value is -1.86. The lowest BCUT2D eigenvalue weighted by Crippen LogP contribution is -2.56. The number of hydrogen-bond acceptors (Lipinski definition) is 5. The van der Waals surface area contributed by atoms with Gasteiger partial charge in [-0.1, -0.05) is 0 Å². The van der Waals surface area contributed by atoms with Crippen molar-refractivity contribution in [2.24, 2.45) is 0 Å². The fraction of sp³-hybridized carbons (Fsp3) is 0.538. The highest BCUT2D eigenvalue weighted by Gasteiger charge is 2.27. The minimum atomic E-state index is -0.343. The molecule has 7 heteroatoms. The van der Waals surface area contributed by atoms with Crippen LogP contribution in [0.25, 0.3) is 0 Å². The maximum Gasteiger partial charge on any atom is 0.287 e. The lowest BCUT2D eigenvalue weighted by atomic mass is 10.1. The summed E-state index contributed by atoms with van der Waals surface area (Å²) in [4.78, 5) is 23.5. The molecule has 1 saturated heterocycles. The van der Waals surface area contributed by atoms with E-state index in [4.69, 9.17) is 9.15 Å². The molecule has 0 saturated carbocycles. The Labute approximate surface area is 117 Å². The second-order valence-electron chi connectivity index (χ2n) is 4.53. The molecule has 1 aliphatic heterocycles. The van der Waals surface area contributed by atoms with Gasteiger partial charge in [-0.15, -0.1) is 0 Å². The number of amides is 2. The first-order valence-corrected chi connectivity index (χ1v) is 6.63. The maximum atomic E-state index is 11.9. The van der Waals surface area contributed by atoms with Crippen LogP contribution in [0.15, 0.2) is 22.8 Å². The van der Waals surface area contributed by atoms with Crippen molar-refractivity contribution in [1.29, 1.82) is 0 Å². The Morgan fingerprint density at radius 3 is 2.90 bits per heavy atom. The predicted molar refractivity (Wildman–Crippen MR) is 71.3 cm³/mol. The van der Waals surface area contributed by atoms with E-state index in [0.717, 1.165) is 0 Å². The number of rotatable bonds is 5. The average Bonchev–Trinajstić information content (AvgIpc) is 2.98. The van der Waals surface area contributed by atoms with Crippen molar-refractivity contribution in [2.45, 2.75) is 19.1 Å². The quantitative estimate of drug-likeness (QED) is 0.633. The molecule has 7 nitrogen and oxygen atoms in total. The van der Waals surface area contributed by atoms with Crippen LogP contribution in [0.1, 0.15) is 17.5 Å². The van der Waals surface area contributed by atoms with Crippen molar-refractivity contribution in [3.63, 3.8) is 0 Å². The van der Waals surface area contributed by atoms with E-state index >= 15 is 0 Å². The molecule has 1 aromatic rings. The number of morpholine rings is 1. The van der Waals surface area contributed by atoms with E-state index in [9.17, 15) is 9.59 Å². The number of carbonyl (C=O) groups is 2. The smallest absolute Gasteiger partial charge is 0.287 e. The topological polar surface area (TPSA) is 92.6 Å². The molecular formula is C13H19N3O4. The van der Waals surface area contributed by atoms with Crippen LogP contribution < -0.4 is 16.0 Å². The van der Waals surface area contributed by atoms with E-state index in [2.05, 4.69) is 16.0 Å². The van der Waals surface area contributed by atoms with Gasteiger partial charge in [0.15, 0.2) is 5.76 Å². The van der Waals surface area contributed by atoms with Crippen LogP contribution in [-0.4, -0.2) is 50.2 Å². The molecule has 0 radical (unpaired) electrons. The molecule has 110 valence electrons. The molecular weight excluding hydrogens is 262 g/mol. The molecule has 2 rings (SSSR count). The molecule has 2 amide bonds. The second-order valence-corrected chi connectivity index (χ2v) is 4.53.